The molecule has 0 aliphatic rings. The molecule has 0 unspecified atom stereocenters. The van der Waals surface area contributed by atoms with Gasteiger partial charge in [-0.3, -0.25) is 9.20 Å². The van der Waals surface area contributed by atoms with Gasteiger partial charge < -0.3 is 20.9 Å². The quantitative estimate of drug-likeness (QED) is 0.214. The molecule has 3 N–H and O–H groups in total. The summed E-state index contributed by atoms with van der Waals surface area (Å²) in [4.78, 5) is 19.0. The van der Waals surface area contributed by atoms with Crippen LogP contribution in [0.5, 0.6) is 0 Å². The van der Waals surface area contributed by atoms with E-state index < -0.39 is 0 Å². The highest BCUT2D eigenvalue weighted by Crippen LogP contribution is 2.07. The molecule has 0 spiro atoms. The predicted octanol–water partition coefficient (Wildman–Crippen LogP) is 1.89. The van der Waals surface area contributed by atoms with Crippen LogP contribution in [-0.2, 0) is 13.1 Å². The van der Waals surface area contributed by atoms with E-state index in [1.165, 1.54) is 0 Å². The first kappa shape index (κ1) is 25.5. The Morgan fingerprint density at radius 1 is 1.09 bits per heavy atom. The van der Waals surface area contributed by atoms with Crippen LogP contribution in [0.1, 0.15) is 28.7 Å². The van der Waals surface area contributed by atoms with Gasteiger partial charge in [-0.05, 0) is 50.8 Å². The second kappa shape index (κ2) is 13.0. The Kier molecular flexibility index (Phi) is 10.3. The lowest BCUT2D eigenvalue weighted by Gasteiger charge is -2.12. The highest BCUT2D eigenvalue weighted by molar-refractivity contribution is 14.0. The van der Waals surface area contributed by atoms with Crippen molar-refractivity contribution in [2.45, 2.75) is 20.0 Å². The lowest BCUT2D eigenvalue weighted by Crippen LogP contribution is -2.37. The number of hydrogen-bond acceptors (Lipinski definition) is 5. The number of hydrogen-bond donors (Lipinski definition) is 3. The van der Waals surface area contributed by atoms with E-state index >= 15 is 0 Å². The van der Waals surface area contributed by atoms with Crippen LogP contribution in [-0.4, -0.2) is 65.1 Å². The number of benzene rings is 1. The molecular weight excluding hydrogens is 519 g/mol. The van der Waals surface area contributed by atoms with Gasteiger partial charge in [0.05, 0.1) is 13.1 Å². The summed E-state index contributed by atoms with van der Waals surface area (Å²) in [7, 11) is 3.96. The molecule has 32 heavy (non-hydrogen) atoms. The molecule has 0 aliphatic heterocycles. The topological polar surface area (TPSA) is 99.0 Å². The molecule has 0 fully saturated rings. The normalized spacial score (nSPS) is 11.3. The van der Waals surface area contributed by atoms with Crippen molar-refractivity contribution in [1.29, 1.82) is 0 Å². The maximum Gasteiger partial charge on any atom is 0.251 e. The summed E-state index contributed by atoms with van der Waals surface area (Å²) in [6, 6.07) is 13.3. The highest BCUT2D eigenvalue weighted by Gasteiger charge is 2.08. The molecule has 0 saturated heterocycles. The summed E-state index contributed by atoms with van der Waals surface area (Å²) in [6.45, 7) is 5.11. The van der Waals surface area contributed by atoms with Crippen molar-refractivity contribution in [3.8, 4) is 0 Å². The number of carbonyl (C=O) groups is 1. The SMILES string of the molecule is CCNC(=NCc1cccc(C(=O)NCCN(C)C)c1)NCc1nnc2ccccn12.I. The minimum Gasteiger partial charge on any atom is -0.357 e. The first-order chi connectivity index (χ1) is 15.1. The van der Waals surface area contributed by atoms with Gasteiger partial charge in [0, 0.05) is 31.4 Å². The molecule has 3 rings (SSSR count). The Bertz CT molecular complexity index is 1030. The third kappa shape index (κ3) is 7.45. The fraction of sp³-hybridized carbons (Fsp3) is 0.364. The first-order valence-corrected chi connectivity index (χ1v) is 10.4. The number of fused-ring (bicyclic) bond motifs is 1. The van der Waals surface area contributed by atoms with Crippen molar-refractivity contribution in [2.75, 3.05) is 33.7 Å². The molecule has 1 aromatic carbocycles. The highest BCUT2D eigenvalue weighted by atomic mass is 127. The molecule has 0 bridgehead atoms. The summed E-state index contributed by atoms with van der Waals surface area (Å²) in [5, 5.41) is 17.9. The standard InChI is InChI=1S/C22H30N8O.HI/c1-4-23-22(26-16-20-28-27-19-10-5-6-12-30(19)20)25-15-17-8-7-9-18(14-17)21(31)24-11-13-29(2)3;/h5-10,12,14H,4,11,13,15-16H2,1-3H3,(H,24,31)(H2,23,25,26);1H. The zero-order valence-corrected chi connectivity index (χ0v) is 21.0. The zero-order valence-electron chi connectivity index (χ0n) is 18.7. The van der Waals surface area contributed by atoms with E-state index in [4.69, 9.17) is 0 Å². The van der Waals surface area contributed by atoms with Crippen molar-refractivity contribution >= 4 is 41.5 Å². The van der Waals surface area contributed by atoms with Crippen molar-refractivity contribution in [1.82, 2.24) is 35.4 Å². The fourth-order valence-corrected chi connectivity index (χ4v) is 2.99. The Labute approximate surface area is 205 Å². The Balaban J connectivity index is 0.00000363. The largest absolute Gasteiger partial charge is 0.357 e. The maximum absolute atomic E-state index is 12.4. The monoisotopic (exact) mass is 550 g/mol. The van der Waals surface area contributed by atoms with Gasteiger partial charge in [0.15, 0.2) is 17.4 Å². The molecule has 0 radical (unpaired) electrons. The molecule has 2 heterocycles. The molecule has 1 amide bonds. The van der Waals surface area contributed by atoms with E-state index in [1.54, 1.807) is 0 Å². The van der Waals surface area contributed by atoms with E-state index in [2.05, 4.69) is 31.1 Å². The molecule has 172 valence electrons. The molecule has 9 nitrogen and oxygen atoms in total. The van der Waals surface area contributed by atoms with Crippen LogP contribution in [0.25, 0.3) is 5.65 Å². The first-order valence-electron chi connectivity index (χ1n) is 10.4. The van der Waals surface area contributed by atoms with Gasteiger partial charge >= 0.3 is 0 Å². The van der Waals surface area contributed by atoms with Gasteiger partial charge in [0.2, 0.25) is 0 Å². The number of rotatable bonds is 9. The summed E-state index contributed by atoms with van der Waals surface area (Å²) in [6.07, 6.45) is 1.94. The number of guanidine groups is 1. The lowest BCUT2D eigenvalue weighted by atomic mass is 10.1. The Morgan fingerprint density at radius 2 is 1.94 bits per heavy atom. The number of likely N-dealkylation sites (N-methyl/N-ethyl adjacent to an activating group) is 1. The zero-order chi connectivity index (χ0) is 22.1. The van der Waals surface area contributed by atoms with Gasteiger partial charge in [-0.2, -0.15) is 0 Å². The smallest absolute Gasteiger partial charge is 0.251 e. The van der Waals surface area contributed by atoms with E-state index in [0.717, 1.165) is 30.1 Å². The Morgan fingerprint density at radius 3 is 2.72 bits per heavy atom. The number of carbonyl (C=O) groups excluding carboxylic acids is 1. The molecule has 0 aliphatic carbocycles. The van der Waals surface area contributed by atoms with Crippen LogP contribution in [0.4, 0.5) is 0 Å². The summed E-state index contributed by atoms with van der Waals surface area (Å²) >= 11 is 0. The van der Waals surface area contributed by atoms with E-state index in [0.29, 0.717) is 31.2 Å². The van der Waals surface area contributed by atoms with E-state index in [-0.39, 0.29) is 29.9 Å². The minimum atomic E-state index is -0.0728. The number of aromatic nitrogens is 3. The van der Waals surface area contributed by atoms with Crippen molar-refractivity contribution in [3.05, 3.63) is 65.6 Å². The summed E-state index contributed by atoms with van der Waals surface area (Å²) in [5.41, 5.74) is 2.41. The molecule has 0 saturated carbocycles. The second-order valence-electron chi connectivity index (χ2n) is 7.35. The molecule has 0 atom stereocenters. The van der Waals surface area contributed by atoms with Crippen LogP contribution < -0.4 is 16.0 Å². The average molecular weight is 550 g/mol. The number of nitrogens with one attached hydrogen (secondary N) is 3. The van der Waals surface area contributed by atoms with Crippen LogP contribution in [0.15, 0.2) is 53.7 Å². The van der Waals surface area contributed by atoms with Gasteiger partial charge in [-0.25, -0.2) is 4.99 Å². The van der Waals surface area contributed by atoms with Crippen LogP contribution in [0.3, 0.4) is 0 Å². The van der Waals surface area contributed by atoms with Gasteiger partial charge in [0.1, 0.15) is 0 Å². The van der Waals surface area contributed by atoms with Gasteiger partial charge in [0.25, 0.3) is 5.91 Å². The van der Waals surface area contributed by atoms with Crippen LogP contribution in [0, 0.1) is 0 Å². The van der Waals surface area contributed by atoms with Crippen molar-refractivity contribution in [3.63, 3.8) is 0 Å². The third-order valence-electron chi connectivity index (χ3n) is 4.60. The number of amides is 1. The van der Waals surface area contributed by atoms with Crippen molar-refractivity contribution in [2.24, 2.45) is 4.99 Å². The molecule has 2 aromatic heterocycles. The molecular formula is C22H31IN8O. The Hall–Kier alpha value is -2.73. The van der Waals surface area contributed by atoms with Crippen LogP contribution >= 0.6 is 24.0 Å². The number of halogens is 1. The summed E-state index contributed by atoms with van der Waals surface area (Å²) < 4.78 is 1.94. The van der Waals surface area contributed by atoms with Crippen LogP contribution in [0.2, 0.25) is 0 Å². The van der Waals surface area contributed by atoms with Gasteiger partial charge in [-0.15, -0.1) is 34.2 Å². The third-order valence-corrected chi connectivity index (χ3v) is 4.60. The predicted molar refractivity (Wildman–Crippen MR) is 137 cm³/mol. The fourth-order valence-electron chi connectivity index (χ4n) is 2.99. The molecule has 3 aromatic rings. The number of aliphatic imine (C=N–C) groups is 1. The minimum absolute atomic E-state index is 0. The number of nitrogens with zero attached hydrogens (tertiary/aromatic N) is 5. The van der Waals surface area contributed by atoms with E-state index in [9.17, 15) is 4.79 Å². The van der Waals surface area contributed by atoms with Crippen molar-refractivity contribution < 1.29 is 4.79 Å². The maximum atomic E-state index is 12.4. The molecule has 10 heteroatoms. The second-order valence-corrected chi connectivity index (χ2v) is 7.35. The lowest BCUT2D eigenvalue weighted by molar-refractivity contribution is 0.0951. The average Bonchev–Trinajstić information content (AvgIpc) is 3.19. The van der Waals surface area contributed by atoms with Gasteiger partial charge in [-0.1, -0.05) is 18.2 Å². The van der Waals surface area contributed by atoms with E-state index in [1.807, 2.05) is 79.0 Å². The summed E-state index contributed by atoms with van der Waals surface area (Å²) in [5.74, 6) is 1.41. The number of pyridine rings is 1.